The third kappa shape index (κ3) is 3.28. The minimum atomic E-state index is -0.260. The van der Waals surface area contributed by atoms with Crippen molar-refractivity contribution in [3.8, 4) is 28.1 Å². The van der Waals surface area contributed by atoms with Gasteiger partial charge in [-0.15, -0.1) is 0 Å². The molecule has 0 bridgehead atoms. The van der Waals surface area contributed by atoms with Gasteiger partial charge in [-0.3, -0.25) is 0 Å². The molecule has 0 aliphatic rings. The van der Waals surface area contributed by atoms with E-state index in [2.05, 4.69) is 45.0 Å². The van der Waals surface area contributed by atoms with E-state index in [-0.39, 0.29) is 5.82 Å². The fraction of sp³-hybridized carbons (Fsp3) is 0.125. The molecule has 0 atom stereocenters. The van der Waals surface area contributed by atoms with Crippen LogP contribution in [0.5, 0.6) is 0 Å². The van der Waals surface area contributed by atoms with E-state index in [4.69, 9.17) is 5.10 Å². The maximum absolute atomic E-state index is 13.9. The molecule has 4 rings (SSSR count). The number of hydrogen-bond donors (Lipinski definition) is 0. The lowest BCUT2D eigenvalue weighted by Crippen LogP contribution is -2.01. The number of aryl methyl sites for hydroxylation is 3. The molecule has 0 saturated carbocycles. The Kier molecular flexibility index (Phi) is 4.36. The van der Waals surface area contributed by atoms with E-state index < -0.39 is 0 Å². The Morgan fingerprint density at radius 3 is 2.11 bits per heavy atom. The van der Waals surface area contributed by atoms with Crippen molar-refractivity contribution in [2.75, 3.05) is 0 Å². The van der Waals surface area contributed by atoms with Crippen LogP contribution in [0.2, 0.25) is 0 Å². The van der Waals surface area contributed by atoms with Gasteiger partial charge in [0, 0.05) is 17.3 Å². The summed E-state index contributed by atoms with van der Waals surface area (Å²) in [5.41, 5.74) is 8.23. The van der Waals surface area contributed by atoms with E-state index in [0.29, 0.717) is 0 Å². The summed E-state index contributed by atoms with van der Waals surface area (Å²) in [6.07, 6.45) is 2.04. The Morgan fingerprint density at radius 2 is 1.44 bits per heavy atom. The molecule has 0 saturated heterocycles. The van der Waals surface area contributed by atoms with Crippen LogP contribution in [0.25, 0.3) is 28.1 Å². The fourth-order valence-electron chi connectivity index (χ4n) is 3.70. The maximum atomic E-state index is 13.9. The van der Waals surface area contributed by atoms with Gasteiger partial charge in [0.2, 0.25) is 0 Å². The van der Waals surface area contributed by atoms with Gasteiger partial charge >= 0.3 is 0 Å². The normalized spacial score (nSPS) is 11.0. The fourth-order valence-corrected chi connectivity index (χ4v) is 3.70. The zero-order valence-electron chi connectivity index (χ0n) is 15.7. The van der Waals surface area contributed by atoms with Gasteiger partial charge in [-0.25, -0.2) is 9.07 Å². The van der Waals surface area contributed by atoms with Crippen LogP contribution < -0.4 is 0 Å². The molecular formula is C24H21FN2. The average Bonchev–Trinajstić information content (AvgIpc) is 3.06. The van der Waals surface area contributed by atoms with Crippen molar-refractivity contribution < 1.29 is 4.39 Å². The van der Waals surface area contributed by atoms with Crippen LogP contribution in [0.1, 0.15) is 16.7 Å². The van der Waals surface area contributed by atoms with Crippen molar-refractivity contribution in [3.05, 3.63) is 95.4 Å². The predicted molar refractivity (Wildman–Crippen MR) is 109 cm³/mol. The molecule has 0 radical (unpaired) electrons. The molecule has 1 heterocycles. The molecule has 0 aliphatic heterocycles. The Labute approximate surface area is 158 Å². The summed E-state index contributed by atoms with van der Waals surface area (Å²) in [5.74, 6) is -0.260. The van der Waals surface area contributed by atoms with Gasteiger partial charge in [-0.1, -0.05) is 60.2 Å². The standard InChI is InChI=1S/C24H21FN2/c1-16-12-17(2)24(18(3)13-16)27-15-22(19-8-5-4-6-9-19)23(26-27)20-10-7-11-21(25)14-20/h4-15H,1-3H3. The number of halogens is 1. The van der Waals surface area contributed by atoms with Crippen molar-refractivity contribution in [2.24, 2.45) is 0 Å². The van der Waals surface area contributed by atoms with E-state index >= 15 is 0 Å². The minimum absolute atomic E-state index is 0.260. The molecule has 27 heavy (non-hydrogen) atoms. The molecular weight excluding hydrogens is 335 g/mol. The third-order valence-electron chi connectivity index (χ3n) is 4.76. The first kappa shape index (κ1) is 17.2. The van der Waals surface area contributed by atoms with Gasteiger partial charge in [0.1, 0.15) is 11.5 Å². The zero-order chi connectivity index (χ0) is 19.0. The predicted octanol–water partition coefficient (Wildman–Crippen LogP) is 6.27. The van der Waals surface area contributed by atoms with Crippen LogP contribution in [-0.4, -0.2) is 9.78 Å². The van der Waals surface area contributed by atoms with E-state index in [1.54, 1.807) is 6.07 Å². The first-order chi connectivity index (χ1) is 13.0. The van der Waals surface area contributed by atoms with Gasteiger partial charge in [0.05, 0.1) is 5.69 Å². The van der Waals surface area contributed by atoms with Gasteiger partial charge in [0.15, 0.2) is 0 Å². The van der Waals surface area contributed by atoms with E-state index in [1.807, 2.05) is 35.1 Å². The molecule has 134 valence electrons. The Morgan fingerprint density at radius 1 is 0.778 bits per heavy atom. The highest BCUT2D eigenvalue weighted by Gasteiger charge is 2.16. The molecule has 2 nitrogen and oxygen atoms in total. The minimum Gasteiger partial charge on any atom is -0.239 e. The summed E-state index contributed by atoms with van der Waals surface area (Å²) in [6, 6.07) is 21.0. The van der Waals surface area contributed by atoms with Crippen LogP contribution in [0, 0.1) is 26.6 Å². The first-order valence-corrected chi connectivity index (χ1v) is 9.02. The Bertz CT molecular complexity index is 1090. The Hall–Kier alpha value is -3.20. The van der Waals surface area contributed by atoms with Crippen LogP contribution >= 0.6 is 0 Å². The highest BCUT2D eigenvalue weighted by molar-refractivity contribution is 5.81. The van der Waals surface area contributed by atoms with Gasteiger partial charge in [0.25, 0.3) is 0 Å². The first-order valence-electron chi connectivity index (χ1n) is 9.02. The number of hydrogen-bond acceptors (Lipinski definition) is 1. The van der Waals surface area contributed by atoms with Crippen LogP contribution in [0.4, 0.5) is 4.39 Å². The highest BCUT2D eigenvalue weighted by Crippen LogP contribution is 2.33. The number of benzene rings is 3. The SMILES string of the molecule is Cc1cc(C)c(-n2cc(-c3ccccc3)c(-c3cccc(F)c3)n2)c(C)c1. The van der Waals surface area contributed by atoms with Crippen molar-refractivity contribution in [3.63, 3.8) is 0 Å². The molecule has 4 aromatic rings. The number of aromatic nitrogens is 2. The topological polar surface area (TPSA) is 17.8 Å². The van der Waals surface area contributed by atoms with Crippen molar-refractivity contribution in [1.82, 2.24) is 9.78 Å². The smallest absolute Gasteiger partial charge is 0.123 e. The molecule has 0 unspecified atom stereocenters. The monoisotopic (exact) mass is 356 g/mol. The summed E-state index contributed by atoms with van der Waals surface area (Å²) in [5, 5.41) is 4.87. The number of nitrogens with zero attached hydrogens (tertiary/aromatic N) is 2. The lowest BCUT2D eigenvalue weighted by atomic mass is 10.0. The second-order valence-corrected chi connectivity index (χ2v) is 6.96. The van der Waals surface area contributed by atoms with Crippen molar-refractivity contribution >= 4 is 0 Å². The van der Waals surface area contributed by atoms with Crippen LogP contribution in [-0.2, 0) is 0 Å². The van der Waals surface area contributed by atoms with Gasteiger partial charge in [-0.2, -0.15) is 5.10 Å². The molecule has 0 aliphatic carbocycles. The summed E-state index contributed by atoms with van der Waals surface area (Å²) < 4.78 is 15.8. The van der Waals surface area contributed by atoms with E-state index in [9.17, 15) is 4.39 Å². The second-order valence-electron chi connectivity index (χ2n) is 6.96. The van der Waals surface area contributed by atoms with Crippen LogP contribution in [0.3, 0.4) is 0 Å². The molecule has 3 aromatic carbocycles. The Balaban J connectivity index is 1.97. The third-order valence-corrected chi connectivity index (χ3v) is 4.76. The highest BCUT2D eigenvalue weighted by atomic mass is 19.1. The second kappa shape index (κ2) is 6.84. The number of rotatable bonds is 3. The lowest BCUT2D eigenvalue weighted by Gasteiger charge is -2.11. The molecule has 0 N–H and O–H groups in total. The maximum Gasteiger partial charge on any atom is 0.123 e. The molecule has 0 spiro atoms. The van der Waals surface area contributed by atoms with Crippen molar-refractivity contribution in [2.45, 2.75) is 20.8 Å². The summed E-state index contributed by atoms with van der Waals surface area (Å²) >= 11 is 0. The molecule has 0 fully saturated rings. The largest absolute Gasteiger partial charge is 0.239 e. The summed E-state index contributed by atoms with van der Waals surface area (Å²) in [7, 11) is 0. The summed E-state index contributed by atoms with van der Waals surface area (Å²) in [6.45, 7) is 6.29. The van der Waals surface area contributed by atoms with E-state index in [1.165, 1.54) is 28.8 Å². The van der Waals surface area contributed by atoms with E-state index in [0.717, 1.165) is 28.1 Å². The van der Waals surface area contributed by atoms with Gasteiger partial charge in [-0.05, 0) is 49.6 Å². The van der Waals surface area contributed by atoms with Gasteiger partial charge < -0.3 is 0 Å². The molecule has 1 aromatic heterocycles. The van der Waals surface area contributed by atoms with Crippen molar-refractivity contribution in [1.29, 1.82) is 0 Å². The average molecular weight is 356 g/mol. The zero-order valence-corrected chi connectivity index (χ0v) is 15.7. The molecule has 3 heteroatoms. The quantitative estimate of drug-likeness (QED) is 0.423. The summed E-state index contributed by atoms with van der Waals surface area (Å²) in [4.78, 5) is 0. The van der Waals surface area contributed by atoms with Crippen LogP contribution in [0.15, 0.2) is 72.9 Å². The lowest BCUT2D eigenvalue weighted by molar-refractivity contribution is 0.628. The molecule has 0 amide bonds.